The first-order valence-corrected chi connectivity index (χ1v) is 15.8. The van der Waals surface area contributed by atoms with E-state index < -0.39 is 0 Å². The van der Waals surface area contributed by atoms with Gasteiger partial charge in [-0.25, -0.2) is 0 Å². The predicted molar refractivity (Wildman–Crippen MR) is 196 cm³/mol. The van der Waals surface area contributed by atoms with Crippen molar-refractivity contribution in [1.29, 1.82) is 0 Å². The first-order valence-electron chi connectivity index (χ1n) is 15.8. The van der Waals surface area contributed by atoms with E-state index in [2.05, 4.69) is 191 Å². The Bertz CT molecular complexity index is 2510. The molecule has 0 fully saturated rings. The summed E-state index contributed by atoms with van der Waals surface area (Å²) in [6.45, 7) is 0. The van der Waals surface area contributed by atoms with Gasteiger partial charge in [0.25, 0.3) is 0 Å². The SMILES string of the molecule is c1ccc(-c2ccc(N(c3ccccc3)c3cc(-n4c5ccccc5c5c6ccccc6ccc54)cc4ccccc34)cc2)cc1. The maximum absolute atomic E-state index is 2.44. The molecule has 0 amide bonds. The summed E-state index contributed by atoms with van der Waals surface area (Å²) < 4.78 is 2.44. The van der Waals surface area contributed by atoms with Crippen LogP contribution in [0.15, 0.2) is 182 Å². The molecular formula is C44H30N2. The summed E-state index contributed by atoms with van der Waals surface area (Å²) in [4.78, 5) is 2.39. The summed E-state index contributed by atoms with van der Waals surface area (Å²) in [5, 5.41) is 7.49. The molecule has 1 heterocycles. The van der Waals surface area contributed by atoms with Gasteiger partial charge in [0.05, 0.1) is 16.7 Å². The Morgan fingerprint density at radius 1 is 0.370 bits per heavy atom. The van der Waals surface area contributed by atoms with Gasteiger partial charge in [-0.15, -0.1) is 0 Å². The van der Waals surface area contributed by atoms with Crippen LogP contribution < -0.4 is 4.90 Å². The summed E-state index contributed by atoms with van der Waals surface area (Å²) in [6.07, 6.45) is 0. The molecular weight excluding hydrogens is 556 g/mol. The van der Waals surface area contributed by atoms with Crippen LogP contribution >= 0.6 is 0 Å². The molecule has 0 saturated heterocycles. The third-order valence-electron chi connectivity index (χ3n) is 9.13. The summed E-state index contributed by atoms with van der Waals surface area (Å²) >= 11 is 0. The second kappa shape index (κ2) is 10.8. The van der Waals surface area contributed by atoms with Gasteiger partial charge in [0.1, 0.15) is 0 Å². The zero-order chi connectivity index (χ0) is 30.5. The Balaban J connectivity index is 1.32. The van der Waals surface area contributed by atoms with Gasteiger partial charge < -0.3 is 9.47 Å². The summed E-state index contributed by atoms with van der Waals surface area (Å²) in [6, 6.07) is 65.7. The Kier molecular flexibility index (Phi) is 6.17. The maximum atomic E-state index is 2.44. The fraction of sp³-hybridized carbons (Fsp3) is 0. The molecule has 0 bridgehead atoms. The van der Waals surface area contributed by atoms with Crippen LogP contribution in [0.4, 0.5) is 17.1 Å². The molecule has 9 rings (SSSR count). The lowest BCUT2D eigenvalue weighted by molar-refractivity contribution is 1.18. The normalized spacial score (nSPS) is 11.5. The van der Waals surface area contributed by atoms with Crippen molar-refractivity contribution in [3.05, 3.63) is 182 Å². The third-order valence-corrected chi connectivity index (χ3v) is 9.13. The molecule has 2 heteroatoms. The number of anilines is 3. The van der Waals surface area contributed by atoms with Crippen molar-refractivity contribution < 1.29 is 0 Å². The van der Waals surface area contributed by atoms with Crippen LogP contribution in [0.25, 0.3) is 60.2 Å². The zero-order valence-corrected chi connectivity index (χ0v) is 25.2. The third kappa shape index (κ3) is 4.27. The largest absolute Gasteiger partial charge is 0.310 e. The minimum absolute atomic E-state index is 1.11. The van der Waals surface area contributed by atoms with E-state index in [0.29, 0.717) is 0 Å². The Morgan fingerprint density at radius 2 is 0.957 bits per heavy atom. The Morgan fingerprint density at radius 3 is 1.74 bits per heavy atom. The van der Waals surface area contributed by atoms with Crippen LogP contribution in [0, 0.1) is 0 Å². The van der Waals surface area contributed by atoms with Crippen molar-refractivity contribution in [3.8, 4) is 16.8 Å². The second-order valence-corrected chi connectivity index (χ2v) is 11.8. The van der Waals surface area contributed by atoms with E-state index in [1.54, 1.807) is 0 Å². The van der Waals surface area contributed by atoms with Gasteiger partial charge >= 0.3 is 0 Å². The van der Waals surface area contributed by atoms with E-state index in [-0.39, 0.29) is 0 Å². The number of aromatic nitrogens is 1. The highest BCUT2D eigenvalue weighted by atomic mass is 15.1. The second-order valence-electron chi connectivity index (χ2n) is 11.8. The minimum Gasteiger partial charge on any atom is -0.310 e. The molecule has 0 N–H and O–H groups in total. The molecule has 46 heavy (non-hydrogen) atoms. The lowest BCUT2D eigenvalue weighted by atomic mass is 10.0. The predicted octanol–water partition coefficient (Wildman–Crippen LogP) is 12.2. The minimum atomic E-state index is 1.11. The van der Waals surface area contributed by atoms with Crippen molar-refractivity contribution in [2.75, 3.05) is 4.90 Å². The topological polar surface area (TPSA) is 8.17 Å². The summed E-state index contributed by atoms with van der Waals surface area (Å²) in [5.41, 5.74) is 9.33. The van der Waals surface area contributed by atoms with Gasteiger partial charge in [-0.1, -0.05) is 133 Å². The lowest BCUT2D eigenvalue weighted by Gasteiger charge is -2.28. The van der Waals surface area contributed by atoms with Crippen molar-refractivity contribution in [2.45, 2.75) is 0 Å². The van der Waals surface area contributed by atoms with Gasteiger partial charge in [-0.2, -0.15) is 0 Å². The smallest absolute Gasteiger partial charge is 0.0560 e. The number of rotatable bonds is 5. The van der Waals surface area contributed by atoms with E-state index in [0.717, 1.165) is 22.7 Å². The van der Waals surface area contributed by atoms with Gasteiger partial charge in [0.2, 0.25) is 0 Å². The van der Waals surface area contributed by atoms with Crippen molar-refractivity contribution in [1.82, 2.24) is 4.57 Å². The number of hydrogen-bond donors (Lipinski definition) is 0. The van der Waals surface area contributed by atoms with E-state index in [9.17, 15) is 0 Å². The average molecular weight is 587 g/mol. The number of para-hydroxylation sites is 2. The van der Waals surface area contributed by atoms with Gasteiger partial charge in [-0.3, -0.25) is 0 Å². The van der Waals surface area contributed by atoms with E-state index in [4.69, 9.17) is 0 Å². The van der Waals surface area contributed by atoms with Crippen LogP contribution in [-0.2, 0) is 0 Å². The fourth-order valence-corrected chi connectivity index (χ4v) is 7.04. The Labute approximate surface area is 268 Å². The molecule has 2 nitrogen and oxygen atoms in total. The molecule has 0 spiro atoms. The van der Waals surface area contributed by atoms with Crippen molar-refractivity contribution in [3.63, 3.8) is 0 Å². The van der Waals surface area contributed by atoms with Gasteiger partial charge in [-0.05, 0) is 75.8 Å². The van der Waals surface area contributed by atoms with Crippen LogP contribution in [0.3, 0.4) is 0 Å². The Hall–Kier alpha value is -6.12. The standard InChI is InChI=1S/C44H30N2/c1-3-13-31(14-4-1)32-23-26-36(27-24-32)45(35-17-5-2-6-18-35)43-30-37(29-34-16-8-9-19-38(34)43)46-41-22-12-11-21-40(41)44-39-20-10-7-15-33(39)25-28-42(44)46/h1-30H. The van der Waals surface area contributed by atoms with E-state index in [1.807, 2.05) is 0 Å². The molecule has 8 aromatic carbocycles. The van der Waals surface area contributed by atoms with Gasteiger partial charge in [0, 0.05) is 33.2 Å². The molecule has 0 aliphatic heterocycles. The molecule has 0 radical (unpaired) electrons. The zero-order valence-electron chi connectivity index (χ0n) is 25.2. The van der Waals surface area contributed by atoms with Crippen LogP contribution in [0.2, 0.25) is 0 Å². The molecule has 216 valence electrons. The summed E-state index contributed by atoms with van der Waals surface area (Å²) in [7, 11) is 0. The number of benzene rings is 8. The molecule has 9 aromatic rings. The average Bonchev–Trinajstić information content (AvgIpc) is 3.48. The first kappa shape index (κ1) is 26.3. The first-order chi connectivity index (χ1) is 22.8. The summed E-state index contributed by atoms with van der Waals surface area (Å²) in [5.74, 6) is 0. The number of nitrogens with zero attached hydrogens (tertiary/aromatic N) is 2. The monoisotopic (exact) mass is 586 g/mol. The molecule has 0 aliphatic rings. The van der Waals surface area contributed by atoms with Crippen molar-refractivity contribution >= 4 is 60.4 Å². The van der Waals surface area contributed by atoms with Crippen LogP contribution in [0.5, 0.6) is 0 Å². The molecule has 0 saturated carbocycles. The highest BCUT2D eigenvalue weighted by Gasteiger charge is 2.20. The highest BCUT2D eigenvalue weighted by molar-refractivity contribution is 6.21. The van der Waals surface area contributed by atoms with E-state index in [1.165, 1.54) is 54.5 Å². The highest BCUT2D eigenvalue weighted by Crippen LogP contribution is 2.43. The maximum Gasteiger partial charge on any atom is 0.0560 e. The van der Waals surface area contributed by atoms with Crippen LogP contribution in [-0.4, -0.2) is 4.57 Å². The fourth-order valence-electron chi connectivity index (χ4n) is 7.04. The van der Waals surface area contributed by atoms with Crippen molar-refractivity contribution in [2.24, 2.45) is 0 Å². The van der Waals surface area contributed by atoms with Gasteiger partial charge in [0.15, 0.2) is 0 Å². The van der Waals surface area contributed by atoms with Crippen LogP contribution in [0.1, 0.15) is 0 Å². The van der Waals surface area contributed by atoms with E-state index >= 15 is 0 Å². The quantitative estimate of drug-likeness (QED) is 0.195. The number of hydrogen-bond acceptors (Lipinski definition) is 1. The lowest BCUT2D eigenvalue weighted by Crippen LogP contribution is -2.11. The molecule has 1 aromatic heterocycles. The number of fused-ring (bicyclic) bond motifs is 6. The molecule has 0 atom stereocenters. The molecule has 0 aliphatic carbocycles. The molecule has 0 unspecified atom stereocenters.